The summed E-state index contributed by atoms with van der Waals surface area (Å²) in [5, 5.41) is 2.57. The molecule has 0 fully saturated rings. The van der Waals surface area contributed by atoms with E-state index in [9.17, 15) is 9.59 Å². The van der Waals surface area contributed by atoms with E-state index in [4.69, 9.17) is 4.74 Å². The van der Waals surface area contributed by atoms with E-state index in [1.54, 1.807) is 29.0 Å². The van der Waals surface area contributed by atoms with E-state index in [1.165, 1.54) is 25.4 Å². The molecule has 2 aromatic heterocycles. The Bertz CT molecular complexity index is 568. The molecular weight excluding hydrogens is 238 g/mol. The second kappa shape index (κ2) is 4.55. The molecule has 0 unspecified atom stereocenters. The molecule has 0 aliphatic rings. The molecule has 0 aromatic carbocycles. The molecule has 0 aliphatic heterocycles. The average molecular weight is 249 g/mol. The van der Waals surface area contributed by atoms with E-state index in [2.05, 4.69) is 0 Å². The molecule has 5 heteroatoms. The molecule has 0 aliphatic carbocycles. The third-order valence-electron chi connectivity index (χ3n) is 2.39. The zero-order chi connectivity index (χ0) is 12.4. The van der Waals surface area contributed by atoms with Crippen molar-refractivity contribution in [1.29, 1.82) is 0 Å². The largest absolute Gasteiger partial charge is 0.464 e. The molecule has 0 N–H and O–H groups in total. The van der Waals surface area contributed by atoms with Crippen molar-refractivity contribution in [3.8, 4) is 5.00 Å². The highest BCUT2D eigenvalue weighted by Gasteiger charge is 2.17. The molecule has 0 atom stereocenters. The number of ketones is 1. The highest BCUT2D eigenvalue weighted by molar-refractivity contribution is 7.13. The van der Waals surface area contributed by atoms with Gasteiger partial charge in [0.2, 0.25) is 0 Å². The number of hydrogen-bond acceptors (Lipinski definition) is 4. The number of ether oxygens (including phenoxy) is 1. The van der Waals surface area contributed by atoms with Crippen molar-refractivity contribution < 1.29 is 14.3 Å². The maximum absolute atomic E-state index is 11.5. The van der Waals surface area contributed by atoms with Crippen LogP contribution in [0.1, 0.15) is 27.8 Å². The van der Waals surface area contributed by atoms with Gasteiger partial charge in [0.25, 0.3) is 0 Å². The minimum atomic E-state index is -0.419. The smallest absolute Gasteiger partial charge is 0.355 e. The van der Waals surface area contributed by atoms with Gasteiger partial charge in [0.1, 0.15) is 10.7 Å². The number of hydrogen-bond donors (Lipinski definition) is 0. The number of esters is 1. The number of rotatable bonds is 3. The van der Waals surface area contributed by atoms with Gasteiger partial charge < -0.3 is 9.30 Å². The van der Waals surface area contributed by atoms with Gasteiger partial charge in [-0.15, -0.1) is 11.3 Å². The number of carbonyl (C=O) groups excluding carboxylic acids is 2. The Morgan fingerprint density at radius 2 is 2.12 bits per heavy atom. The molecule has 0 saturated carbocycles. The van der Waals surface area contributed by atoms with E-state index in [-0.39, 0.29) is 5.78 Å². The van der Waals surface area contributed by atoms with E-state index in [0.29, 0.717) is 11.3 Å². The minimum absolute atomic E-state index is 0.0224. The van der Waals surface area contributed by atoms with Gasteiger partial charge in [0, 0.05) is 6.20 Å². The van der Waals surface area contributed by atoms with Crippen LogP contribution in [0.2, 0.25) is 0 Å². The lowest BCUT2D eigenvalue weighted by Gasteiger charge is -2.06. The van der Waals surface area contributed by atoms with Crippen molar-refractivity contribution in [1.82, 2.24) is 4.57 Å². The fourth-order valence-electron chi connectivity index (χ4n) is 1.58. The molecule has 0 bridgehead atoms. The van der Waals surface area contributed by atoms with Gasteiger partial charge in [0.15, 0.2) is 5.78 Å². The molecule has 4 nitrogen and oxygen atoms in total. The van der Waals surface area contributed by atoms with E-state index in [0.717, 1.165) is 5.00 Å². The number of carbonyl (C=O) groups is 2. The van der Waals surface area contributed by atoms with Gasteiger partial charge in [-0.2, -0.15) is 0 Å². The first-order chi connectivity index (χ1) is 8.15. The van der Waals surface area contributed by atoms with Gasteiger partial charge in [0.05, 0.1) is 12.7 Å². The third kappa shape index (κ3) is 2.01. The number of methoxy groups -OCH3 is 1. The Hall–Kier alpha value is -1.88. The second-order valence-corrected chi connectivity index (χ2v) is 4.35. The minimum Gasteiger partial charge on any atom is -0.464 e. The first-order valence-corrected chi connectivity index (χ1v) is 5.87. The van der Waals surface area contributed by atoms with E-state index >= 15 is 0 Å². The first kappa shape index (κ1) is 11.6. The van der Waals surface area contributed by atoms with Crippen molar-refractivity contribution in [2.75, 3.05) is 7.11 Å². The lowest BCUT2D eigenvalue weighted by molar-refractivity contribution is 0.0591. The van der Waals surface area contributed by atoms with Crippen molar-refractivity contribution in [3.63, 3.8) is 0 Å². The Morgan fingerprint density at radius 1 is 1.35 bits per heavy atom. The standard InChI is InChI=1S/C12H11NO3S/c1-8(14)9-5-7-17-11(9)13-6-3-4-10(13)12(15)16-2/h3-7H,1-2H3. The Morgan fingerprint density at radius 3 is 2.76 bits per heavy atom. The maximum atomic E-state index is 11.5. The summed E-state index contributed by atoms with van der Waals surface area (Å²) in [6.45, 7) is 1.51. The van der Waals surface area contributed by atoms with Gasteiger partial charge >= 0.3 is 5.97 Å². The zero-order valence-corrected chi connectivity index (χ0v) is 10.3. The highest BCUT2D eigenvalue weighted by Crippen LogP contribution is 2.24. The lowest BCUT2D eigenvalue weighted by atomic mass is 10.2. The Labute approximate surface area is 102 Å². The normalized spacial score (nSPS) is 10.2. The molecule has 17 heavy (non-hydrogen) atoms. The first-order valence-electron chi connectivity index (χ1n) is 4.99. The number of thiophene rings is 1. The van der Waals surface area contributed by atoms with Gasteiger partial charge in [-0.1, -0.05) is 0 Å². The van der Waals surface area contributed by atoms with Gasteiger partial charge in [-0.05, 0) is 30.5 Å². The van der Waals surface area contributed by atoms with Crippen molar-refractivity contribution >= 4 is 23.1 Å². The highest BCUT2D eigenvalue weighted by atomic mass is 32.1. The lowest BCUT2D eigenvalue weighted by Crippen LogP contribution is -2.09. The van der Waals surface area contributed by atoms with Crippen LogP contribution >= 0.6 is 11.3 Å². The van der Waals surface area contributed by atoms with Crippen LogP contribution in [0, 0.1) is 0 Å². The van der Waals surface area contributed by atoms with Gasteiger partial charge in [-0.25, -0.2) is 4.79 Å². The molecule has 2 heterocycles. The summed E-state index contributed by atoms with van der Waals surface area (Å²) in [4.78, 5) is 23.0. The predicted octanol–water partition coefficient (Wildman–Crippen LogP) is 2.53. The molecule has 0 radical (unpaired) electrons. The number of nitrogens with zero attached hydrogens (tertiary/aromatic N) is 1. The van der Waals surface area contributed by atoms with Crippen LogP contribution in [-0.2, 0) is 4.74 Å². The monoisotopic (exact) mass is 249 g/mol. The van der Waals surface area contributed by atoms with E-state index in [1.807, 2.05) is 5.38 Å². The van der Waals surface area contributed by atoms with Crippen molar-refractivity contribution in [3.05, 3.63) is 41.0 Å². The fourth-order valence-corrected chi connectivity index (χ4v) is 2.53. The predicted molar refractivity (Wildman–Crippen MR) is 65.0 cm³/mol. The fraction of sp³-hybridized carbons (Fsp3) is 0.167. The quantitative estimate of drug-likeness (QED) is 0.620. The molecule has 0 amide bonds. The van der Waals surface area contributed by atoms with Crippen LogP contribution in [0.25, 0.3) is 5.00 Å². The van der Waals surface area contributed by atoms with Gasteiger partial charge in [-0.3, -0.25) is 4.79 Å². The van der Waals surface area contributed by atoms with Crippen molar-refractivity contribution in [2.45, 2.75) is 6.92 Å². The Balaban J connectivity index is 2.54. The molecule has 0 spiro atoms. The second-order valence-electron chi connectivity index (χ2n) is 3.45. The summed E-state index contributed by atoms with van der Waals surface area (Å²) < 4.78 is 6.37. The number of Topliss-reactive ketones (excluding diaryl/α,β-unsaturated/α-hetero) is 1. The van der Waals surface area contributed by atoms with Crippen LogP contribution in [0.4, 0.5) is 0 Å². The summed E-state index contributed by atoms with van der Waals surface area (Å²) in [5.41, 5.74) is 1.02. The average Bonchev–Trinajstić information content (AvgIpc) is 2.95. The molecular formula is C12H11NO3S. The van der Waals surface area contributed by atoms with Crippen LogP contribution in [-0.4, -0.2) is 23.4 Å². The molecule has 88 valence electrons. The van der Waals surface area contributed by atoms with Crippen LogP contribution in [0.15, 0.2) is 29.8 Å². The molecule has 2 aromatic rings. The van der Waals surface area contributed by atoms with Crippen LogP contribution in [0.3, 0.4) is 0 Å². The Kier molecular flexibility index (Phi) is 3.10. The number of aromatic nitrogens is 1. The molecule has 0 saturated heterocycles. The summed E-state index contributed by atoms with van der Waals surface area (Å²) in [6, 6.07) is 5.16. The van der Waals surface area contributed by atoms with Crippen molar-refractivity contribution in [2.24, 2.45) is 0 Å². The molecule has 2 rings (SSSR count). The summed E-state index contributed by atoms with van der Waals surface area (Å²) in [7, 11) is 1.33. The van der Waals surface area contributed by atoms with Crippen LogP contribution < -0.4 is 0 Å². The maximum Gasteiger partial charge on any atom is 0.355 e. The summed E-state index contributed by atoms with van der Waals surface area (Å²) in [5.74, 6) is -0.441. The SMILES string of the molecule is COC(=O)c1cccn1-c1sccc1C(C)=O. The summed E-state index contributed by atoms with van der Waals surface area (Å²) in [6.07, 6.45) is 1.74. The third-order valence-corrected chi connectivity index (χ3v) is 3.30. The van der Waals surface area contributed by atoms with E-state index < -0.39 is 5.97 Å². The zero-order valence-electron chi connectivity index (χ0n) is 9.47. The topological polar surface area (TPSA) is 48.3 Å². The summed E-state index contributed by atoms with van der Waals surface area (Å²) >= 11 is 1.41. The van der Waals surface area contributed by atoms with Crippen LogP contribution in [0.5, 0.6) is 0 Å².